The number of rotatable bonds is 7. The van der Waals surface area contributed by atoms with Gasteiger partial charge in [0.25, 0.3) is 0 Å². The van der Waals surface area contributed by atoms with Gasteiger partial charge in [-0.05, 0) is 43.0 Å². The Hall–Kier alpha value is -1.06. The lowest BCUT2D eigenvalue weighted by Gasteiger charge is -2.31. The van der Waals surface area contributed by atoms with Crippen LogP contribution in [0.15, 0.2) is 24.3 Å². The average Bonchev–Trinajstić information content (AvgIpc) is 2.48. The molecule has 0 radical (unpaired) electrons. The van der Waals surface area contributed by atoms with Crippen molar-refractivity contribution in [2.45, 2.75) is 39.0 Å². The van der Waals surface area contributed by atoms with E-state index in [9.17, 15) is 4.79 Å². The van der Waals surface area contributed by atoms with E-state index in [1.807, 2.05) is 45.0 Å². The fourth-order valence-corrected chi connectivity index (χ4v) is 2.52. The summed E-state index contributed by atoms with van der Waals surface area (Å²) in [6.07, 6.45) is 1.52. The Balaban J connectivity index is 2.96. The summed E-state index contributed by atoms with van der Waals surface area (Å²) in [5.74, 6) is 0.362. The van der Waals surface area contributed by atoms with Gasteiger partial charge in [-0.25, -0.2) is 0 Å². The fraction of sp³-hybridized carbons (Fsp3) is 0.562. The number of hydrogen-bond donors (Lipinski definition) is 2. The number of carbonyl (C=O) groups is 1. The molecule has 0 spiro atoms. The minimum absolute atomic E-state index is 0.0742. The summed E-state index contributed by atoms with van der Waals surface area (Å²) in [5, 5.41) is 3.72. The zero-order chi connectivity index (χ0) is 15.2. The van der Waals surface area contributed by atoms with Crippen LogP contribution in [0.4, 0.5) is 0 Å². The first kappa shape index (κ1) is 17.0. The van der Waals surface area contributed by atoms with Crippen molar-refractivity contribution >= 4 is 17.5 Å². The van der Waals surface area contributed by atoms with Crippen LogP contribution in [0.1, 0.15) is 39.2 Å². The SMILES string of the molecule is CCC(CC)(C(=O)NCC(C)CN)c1ccc(Cl)cc1. The zero-order valence-electron chi connectivity index (χ0n) is 12.6. The molecule has 3 N–H and O–H groups in total. The van der Waals surface area contributed by atoms with Crippen LogP contribution in [0.2, 0.25) is 5.02 Å². The molecule has 0 saturated heterocycles. The van der Waals surface area contributed by atoms with Gasteiger partial charge >= 0.3 is 0 Å². The van der Waals surface area contributed by atoms with Gasteiger partial charge in [0.15, 0.2) is 0 Å². The predicted octanol–water partition coefficient (Wildman–Crippen LogP) is 3.11. The van der Waals surface area contributed by atoms with Crippen LogP contribution < -0.4 is 11.1 Å². The van der Waals surface area contributed by atoms with Crippen molar-refractivity contribution < 1.29 is 4.79 Å². The third kappa shape index (κ3) is 3.74. The summed E-state index contributed by atoms with van der Waals surface area (Å²) in [4.78, 5) is 12.6. The van der Waals surface area contributed by atoms with Crippen LogP contribution >= 0.6 is 11.6 Å². The Morgan fingerprint density at radius 1 is 1.30 bits per heavy atom. The van der Waals surface area contributed by atoms with Crippen molar-refractivity contribution in [2.24, 2.45) is 11.7 Å². The Morgan fingerprint density at radius 2 is 1.85 bits per heavy atom. The van der Waals surface area contributed by atoms with Gasteiger partial charge in [0.2, 0.25) is 5.91 Å². The van der Waals surface area contributed by atoms with Crippen LogP contribution in [-0.2, 0) is 10.2 Å². The van der Waals surface area contributed by atoms with Crippen molar-refractivity contribution in [3.63, 3.8) is 0 Å². The Morgan fingerprint density at radius 3 is 2.30 bits per heavy atom. The molecular formula is C16H25ClN2O. The minimum atomic E-state index is -0.487. The number of carbonyl (C=O) groups excluding carboxylic acids is 1. The number of amides is 1. The first-order valence-electron chi connectivity index (χ1n) is 7.24. The molecule has 1 aromatic carbocycles. The van der Waals surface area contributed by atoms with E-state index in [2.05, 4.69) is 5.32 Å². The van der Waals surface area contributed by atoms with Gasteiger partial charge in [0.1, 0.15) is 0 Å². The third-order valence-electron chi connectivity index (χ3n) is 4.05. The van der Waals surface area contributed by atoms with Gasteiger partial charge in [-0.1, -0.05) is 44.5 Å². The maximum atomic E-state index is 12.6. The molecule has 4 heteroatoms. The highest BCUT2D eigenvalue weighted by atomic mass is 35.5. The predicted molar refractivity (Wildman–Crippen MR) is 84.9 cm³/mol. The maximum absolute atomic E-state index is 12.6. The molecule has 0 bridgehead atoms. The lowest BCUT2D eigenvalue weighted by atomic mass is 9.75. The molecule has 20 heavy (non-hydrogen) atoms. The monoisotopic (exact) mass is 296 g/mol. The van der Waals surface area contributed by atoms with Crippen molar-refractivity contribution in [3.8, 4) is 0 Å². The van der Waals surface area contributed by atoms with Crippen molar-refractivity contribution in [1.82, 2.24) is 5.32 Å². The Bertz CT molecular complexity index is 427. The standard InChI is InChI=1S/C16H25ClN2O/c1-4-16(5-2,13-6-8-14(17)9-7-13)15(20)19-11-12(3)10-18/h6-9,12H,4-5,10-11,18H2,1-3H3,(H,19,20). The molecule has 0 aromatic heterocycles. The van der Waals surface area contributed by atoms with E-state index in [1.165, 1.54) is 0 Å². The summed E-state index contributed by atoms with van der Waals surface area (Å²) < 4.78 is 0. The van der Waals surface area contributed by atoms with Crippen LogP contribution in [0.5, 0.6) is 0 Å². The second-order valence-electron chi connectivity index (χ2n) is 5.35. The number of nitrogens with one attached hydrogen (secondary N) is 1. The highest BCUT2D eigenvalue weighted by Crippen LogP contribution is 2.32. The lowest BCUT2D eigenvalue weighted by molar-refractivity contribution is -0.127. The summed E-state index contributed by atoms with van der Waals surface area (Å²) in [6.45, 7) is 7.31. The van der Waals surface area contributed by atoms with Crippen LogP contribution in [0.25, 0.3) is 0 Å². The molecule has 0 aliphatic carbocycles. The van der Waals surface area contributed by atoms with E-state index in [-0.39, 0.29) is 11.8 Å². The fourth-order valence-electron chi connectivity index (χ4n) is 2.40. The summed E-state index contributed by atoms with van der Waals surface area (Å²) >= 11 is 5.93. The molecule has 0 heterocycles. The molecule has 0 saturated carbocycles. The van der Waals surface area contributed by atoms with E-state index in [1.54, 1.807) is 0 Å². The molecule has 1 atom stereocenters. The highest BCUT2D eigenvalue weighted by Gasteiger charge is 2.36. The normalized spacial score (nSPS) is 13.1. The molecular weight excluding hydrogens is 272 g/mol. The van der Waals surface area contributed by atoms with Gasteiger partial charge in [-0.2, -0.15) is 0 Å². The first-order valence-corrected chi connectivity index (χ1v) is 7.62. The van der Waals surface area contributed by atoms with E-state index < -0.39 is 5.41 Å². The molecule has 112 valence electrons. The number of nitrogens with two attached hydrogens (primary N) is 1. The average molecular weight is 297 g/mol. The summed E-state index contributed by atoms with van der Waals surface area (Å²) in [6, 6.07) is 7.57. The zero-order valence-corrected chi connectivity index (χ0v) is 13.3. The Kier molecular flexibility index (Phi) is 6.50. The van der Waals surface area contributed by atoms with Gasteiger partial charge in [-0.3, -0.25) is 4.79 Å². The molecule has 1 aromatic rings. The molecule has 0 aliphatic heterocycles. The second kappa shape index (κ2) is 7.65. The van der Waals surface area contributed by atoms with E-state index in [4.69, 9.17) is 17.3 Å². The van der Waals surface area contributed by atoms with Crippen LogP contribution in [0.3, 0.4) is 0 Å². The second-order valence-corrected chi connectivity index (χ2v) is 5.78. The Labute approximate surface area is 126 Å². The van der Waals surface area contributed by atoms with Gasteiger partial charge in [-0.15, -0.1) is 0 Å². The topological polar surface area (TPSA) is 55.1 Å². The number of hydrogen-bond acceptors (Lipinski definition) is 2. The first-order chi connectivity index (χ1) is 9.50. The van der Waals surface area contributed by atoms with Gasteiger partial charge < -0.3 is 11.1 Å². The quantitative estimate of drug-likeness (QED) is 0.812. The maximum Gasteiger partial charge on any atom is 0.230 e. The van der Waals surface area contributed by atoms with Crippen LogP contribution in [-0.4, -0.2) is 19.0 Å². The molecule has 1 amide bonds. The van der Waals surface area contributed by atoms with E-state index in [0.29, 0.717) is 18.1 Å². The van der Waals surface area contributed by atoms with Crippen molar-refractivity contribution in [1.29, 1.82) is 0 Å². The van der Waals surface area contributed by atoms with Crippen LogP contribution in [0, 0.1) is 5.92 Å². The van der Waals surface area contributed by atoms with Gasteiger partial charge in [0.05, 0.1) is 5.41 Å². The molecule has 1 rings (SSSR count). The third-order valence-corrected chi connectivity index (χ3v) is 4.30. The number of benzene rings is 1. The molecule has 3 nitrogen and oxygen atoms in total. The number of halogens is 1. The largest absolute Gasteiger partial charge is 0.355 e. The smallest absolute Gasteiger partial charge is 0.230 e. The van der Waals surface area contributed by atoms with E-state index in [0.717, 1.165) is 18.4 Å². The van der Waals surface area contributed by atoms with Crippen molar-refractivity contribution in [3.05, 3.63) is 34.9 Å². The molecule has 0 fully saturated rings. The molecule has 1 unspecified atom stereocenters. The van der Waals surface area contributed by atoms with E-state index >= 15 is 0 Å². The molecule has 0 aliphatic rings. The summed E-state index contributed by atoms with van der Waals surface area (Å²) in [7, 11) is 0. The van der Waals surface area contributed by atoms with Crippen molar-refractivity contribution in [2.75, 3.05) is 13.1 Å². The highest BCUT2D eigenvalue weighted by molar-refractivity contribution is 6.30. The van der Waals surface area contributed by atoms with Gasteiger partial charge in [0, 0.05) is 11.6 Å². The summed E-state index contributed by atoms with van der Waals surface area (Å²) in [5.41, 5.74) is 6.13. The lowest BCUT2D eigenvalue weighted by Crippen LogP contribution is -2.45. The minimum Gasteiger partial charge on any atom is -0.355 e.